The van der Waals surface area contributed by atoms with E-state index in [0.717, 1.165) is 24.2 Å². The maximum absolute atomic E-state index is 11.6. The number of carbonyl (C=O) groups is 1. The standard InChI is InChI=1S/C13H15NO2/c1-14-12(15)9-2-3-11-10(8-9)13(4-5-13)6-7-16-11/h2-3,8H,4-7H2,1H3,(H,14,15)/i4D. The predicted molar refractivity (Wildman–Crippen MR) is 60.9 cm³/mol. The molecule has 3 nitrogen and oxygen atoms in total. The molecule has 1 spiro atoms. The first-order valence-electron chi connectivity index (χ1n) is 6.17. The molecule has 1 aliphatic heterocycles. The second-order valence-corrected chi connectivity index (χ2v) is 4.45. The van der Waals surface area contributed by atoms with E-state index in [2.05, 4.69) is 5.32 Å². The van der Waals surface area contributed by atoms with Crippen LogP contribution in [0.3, 0.4) is 0 Å². The molecule has 1 aliphatic carbocycles. The van der Waals surface area contributed by atoms with E-state index in [-0.39, 0.29) is 17.7 Å². The summed E-state index contributed by atoms with van der Waals surface area (Å²) in [5.41, 5.74) is 1.65. The van der Waals surface area contributed by atoms with Gasteiger partial charge in [-0.2, -0.15) is 0 Å². The summed E-state index contributed by atoms with van der Waals surface area (Å²) in [7, 11) is 1.62. The monoisotopic (exact) mass is 218 g/mol. The average molecular weight is 218 g/mol. The molecule has 1 heterocycles. The highest BCUT2D eigenvalue weighted by Crippen LogP contribution is 2.55. The number of hydrogen-bond acceptors (Lipinski definition) is 2. The van der Waals surface area contributed by atoms with Gasteiger partial charge in [-0.15, -0.1) is 0 Å². The van der Waals surface area contributed by atoms with Crippen LogP contribution in [0.4, 0.5) is 0 Å². The fraction of sp³-hybridized carbons (Fsp3) is 0.462. The molecule has 1 aromatic rings. The van der Waals surface area contributed by atoms with Gasteiger partial charge < -0.3 is 10.1 Å². The Morgan fingerprint density at radius 1 is 1.56 bits per heavy atom. The van der Waals surface area contributed by atoms with Crippen molar-refractivity contribution in [1.82, 2.24) is 5.32 Å². The molecule has 1 fully saturated rings. The second kappa shape index (κ2) is 3.24. The Morgan fingerprint density at radius 2 is 2.38 bits per heavy atom. The molecule has 3 rings (SSSR count). The maximum atomic E-state index is 11.6. The SMILES string of the molecule is [2H]C1CC12CCOc1ccc(C(=O)NC)cc12. The quantitative estimate of drug-likeness (QED) is 0.781. The molecule has 2 atom stereocenters. The Balaban J connectivity index is 2.06. The number of hydrogen-bond donors (Lipinski definition) is 1. The first kappa shape index (κ1) is 8.62. The van der Waals surface area contributed by atoms with E-state index < -0.39 is 0 Å². The zero-order valence-electron chi connectivity index (χ0n) is 10.2. The van der Waals surface area contributed by atoms with Crippen molar-refractivity contribution in [2.24, 2.45) is 0 Å². The van der Waals surface area contributed by atoms with E-state index in [1.54, 1.807) is 13.1 Å². The van der Waals surface area contributed by atoms with Crippen LogP contribution in [0.15, 0.2) is 18.2 Å². The minimum atomic E-state index is -0.0873. The lowest BCUT2D eigenvalue weighted by Gasteiger charge is -2.26. The predicted octanol–water partition coefficient (Wildman–Crippen LogP) is 1.86. The van der Waals surface area contributed by atoms with Gasteiger partial charge in [0, 0.05) is 25.0 Å². The Labute approximate surface area is 96.2 Å². The Hall–Kier alpha value is -1.51. The largest absolute Gasteiger partial charge is 0.493 e. The average Bonchev–Trinajstić information content (AvgIpc) is 2.99. The van der Waals surface area contributed by atoms with Gasteiger partial charge in [0.1, 0.15) is 5.75 Å². The third-order valence-corrected chi connectivity index (χ3v) is 3.51. The molecule has 0 saturated heterocycles. The summed E-state index contributed by atoms with van der Waals surface area (Å²) in [6.45, 7) is 0.682. The lowest BCUT2D eigenvalue weighted by Crippen LogP contribution is -2.22. The van der Waals surface area contributed by atoms with E-state index in [1.807, 2.05) is 12.1 Å². The fourth-order valence-corrected chi connectivity index (χ4v) is 2.36. The van der Waals surface area contributed by atoms with Crippen LogP contribution in [0.2, 0.25) is 0 Å². The fourth-order valence-electron chi connectivity index (χ4n) is 2.36. The van der Waals surface area contributed by atoms with E-state index in [9.17, 15) is 4.79 Å². The third kappa shape index (κ3) is 1.31. The van der Waals surface area contributed by atoms with Gasteiger partial charge in [-0.1, -0.05) is 0 Å². The normalized spacial score (nSPS) is 31.3. The van der Waals surface area contributed by atoms with Crippen LogP contribution in [0.5, 0.6) is 5.75 Å². The van der Waals surface area contributed by atoms with Crippen LogP contribution in [0, 0.1) is 0 Å². The number of amides is 1. The van der Waals surface area contributed by atoms with Crippen LogP contribution in [0.25, 0.3) is 0 Å². The lowest BCUT2D eigenvalue weighted by molar-refractivity contribution is 0.0963. The highest BCUT2D eigenvalue weighted by molar-refractivity contribution is 5.94. The highest BCUT2D eigenvalue weighted by Gasteiger charge is 2.47. The highest BCUT2D eigenvalue weighted by atomic mass is 16.5. The van der Waals surface area contributed by atoms with Gasteiger partial charge in [0.2, 0.25) is 0 Å². The molecule has 2 aliphatic rings. The summed E-state index contributed by atoms with van der Waals surface area (Å²) in [6, 6.07) is 5.52. The van der Waals surface area contributed by atoms with Gasteiger partial charge >= 0.3 is 0 Å². The first-order valence-corrected chi connectivity index (χ1v) is 5.59. The van der Waals surface area contributed by atoms with Crippen molar-refractivity contribution in [2.75, 3.05) is 13.7 Å². The molecule has 1 amide bonds. The number of ether oxygens (including phenoxy) is 1. The summed E-state index contributed by atoms with van der Waals surface area (Å²) in [6.07, 6.45) is 1.75. The van der Waals surface area contributed by atoms with Gasteiger partial charge in [-0.25, -0.2) is 0 Å². The number of benzene rings is 1. The number of fused-ring (bicyclic) bond motifs is 2. The van der Waals surface area contributed by atoms with Crippen molar-refractivity contribution in [1.29, 1.82) is 0 Å². The molecule has 16 heavy (non-hydrogen) atoms. The minimum Gasteiger partial charge on any atom is -0.493 e. The molecule has 0 aromatic heterocycles. The third-order valence-electron chi connectivity index (χ3n) is 3.51. The maximum Gasteiger partial charge on any atom is 0.251 e. The van der Waals surface area contributed by atoms with Crippen molar-refractivity contribution in [3.05, 3.63) is 29.3 Å². The number of rotatable bonds is 1. The summed E-state index contributed by atoms with van der Waals surface area (Å²) in [4.78, 5) is 11.6. The van der Waals surface area contributed by atoms with E-state index in [1.165, 1.54) is 0 Å². The molecular weight excluding hydrogens is 202 g/mol. The Kier molecular flexibility index (Phi) is 1.74. The molecule has 3 heteroatoms. The van der Waals surface area contributed by atoms with Gasteiger partial charge in [0.25, 0.3) is 5.91 Å². The van der Waals surface area contributed by atoms with Crippen LogP contribution >= 0.6 is 0 Å². The lowest BCUT2D eigenvalue weighted by atomic mass is 9.89. The minimum absolute atomic E-state index is 0.0370. The van der Waals surface area contributed by atoms with E-state index >= 15 is 0 Å². The van der Waals surface area contributed by atoms with Crippen molar-refractivity contribution < 1.29 is 10.9 Å². The molecule has 1 N–H and O–H groups in total. The summed E-state index contributed by atoms with van der Waals surface area (Å²) in [5.74, 6) is 0.759. The van der Waals surface area contributed by atoms with Crippen molar-refractivity contribution in [2.45, 2.75) is 24.7 Å². The van der Waals surface area contributed by atoms with Crippen molar-refractivity contribution in [3.8, 4) is 5.75 Å². The summed E-state index contributed by atoms with van der Waals surface area (Å²) in [5, 5.41) is 2.62. The second-order valence-electron chi connectivity index (χ2n) is 4.45. The van der Waals surface area contributed by atoms with Gasteiger partial charge in [0.15, 0.2) is 0 Å². The first-order chi connectivity index (χ1) is 8.17. The number of nitrogens with one attached hydrogen (secondary N) is 1. The molecule has 0 bridgehead atoms. The Morgan fingerprint density at radius 3 is 3.06 bits per heavy atom. The van der Waals surface area contributed by atoms with Gasteiger partial charge in [0.05, 0.1) is 6.61 Å². The molecule has 0 radical (unpaired) electrons. The van der Waals surface area contributed by atoms with Gasteiger partial charge in [-0.05, 0) is 37.4 Å². The van der Waals surface area contributed by atoms with Crippen molar-refractivity contribution >= 4 is 5.91 Å². The smallest absolute Gasteiger partial charge is 0.251 e. The van der Waals surface area contributed by atoms with Gasteiger partial charge in [-0.3, -0.25) is 4.79 Å². The topological polar surface area (TPSA) is 38.3 Å². The molecule has 84 valence electrons. The molecular formula is C13H15NO2. The van der Waals surface area contributed by atoms with E-state index in [0.29, 0.717) is 12.2 Å². The summed E-state index contributed by atoms with van der Waals surface area (Å²) >= 11 is 0. The van der Waals surface area contributed by atoms with Crippen LogP contribution < -0.4 is 10.1 Å². The molecule has 1 aromatic carbocycles. The molecule has 2 unspecified atom stereocenters. The molecule has 1 saturated carbocycles. The zero-order chi connectivity index (χ0) is 12.0. The zero-order valence-corrected chi connectivity index (χ0v) is 9.25. The van der Waals surface area contributed by atoms with Crippen LogP contribution in [-0.4, -0.2) is 19.6 Å². The van der Waals surface area contributed by atoms with Crippen LogP contribution in [0.1, 0.15) is 36.5 Å². The Bertz CT molecular complexity index is 488. The summed E-state index contributed by atoms with van der Waals surface area (Å²) < 4.78 is 13.5. The van der Waals surface area contributed by atoms with E-state index in [4.69, 9.17) is 6.11 Å². The number of carbonyl (C=O) groups excluding carboxylic acids is 1. The van der Waals surface area contributed by atoms with Crippen molar-refractivity contribution in [3.63, 3.8) is 0 Å². The van der Waals surface area contributed by atoms with Crippen LogP contribution in [-0.2, 0) is 5.41 Å².